The first-order chi connectivity index (χ1) is 10.1. The first kappa shape index (κ1) is 14.2. The third kappa shape index (κ3) is 2.47. The first-order valence-corrected chi connectivity index (χ1v) is 8.14. The van der Waals surface area contributed by atoms with E-state index in [1.54, 1.807) is 30.5 Å². The lowest BCUT2D eigenvalue weighted by atomic mass is 10.1. The van der Waals surface area contributed by atoms with Gasteiger partial charge in [-0.05, 0) is 34.3 Å². The molecule has 0 radical (unpaired) electrons. The molecule has 0 unspecified atom stereocenters. The third-order valence-electron chi connectivity index (χ3n) is 3.16. The predicted octanol–water partition coefficient (Wildman–Crippen LogP) is 2.76. The number of rotatable bonds is 3. The number of halogens is 1. The first-order valence-electron chi connectivity index (χ1n) is 6.12. The summed E-state index contributed by atoms with van der Waals surface area (Å²) in [6, 6.07) is 6.83. The molecule has 0 bridgehead atoms. The van der Waals surface area contributed by atoms with Crippen LogP contribution in [0.25, 0.3) is 0 Å². The van der Waals surface area contributed by atoms with E-state index in [4.69, 9.17) is 0 Å². The normalized spacial score (nSPS) is 13.7. The van der Waals surface area contributed by atoms with Crippen molar-refractivity contribution < 1.29 is 9.59 Å². The van der Waals surface area contributed by atoms with Crippen molar-refractivity contribution in [2.24, 2.45) is 0 Å². The van der Waals surface area contributed by atoms with Crippen molar-refractivity contribution in [2.45, 2.75) is 11.7 Å². The van der Waals surface area contributed by atoms with Gasteiger partial charge in [-0.2, -0.15) is 0 Å². The number of imide groups is 1. The van der Waals surface area contributed by atoms with Gasteiger partial charge in [0.05, 0.1) is 27.8 Å². The number of hydrogen-bond donors (Lipinski definition) is 0. The van der Waals surface area contributed by atoms with E-state index in [0.717, 1.165) is 0 Å². The van der Waals surface area contributed by atoms with Gasteiger partial charge in [0.1, 0.15) is 0 Å². The van der Waals surface area contributed by atoms with Crippen molar-refractivity contribution in [3.63, 3.8) is 0 Å². The summed E-state index contributed by atoms with van der Waals surface area (Å²) in [4.78, 5) is 34.3. The number of carbonyl (C=O) groups excluding carboxylic acids is 2. The monoisotopic (exact) mass is 363 g/mol. The summed E-state index contributed by atoms with van der Waals surface area (Å²) < 4.78 is 0.678. The zero-order valence-corrected chi connectivity index (χ0v) is 13.4. The smallest absolute Gasteiger partial charge is 0.261 e. The van der Waals surface area contributed by atoms with Crippen LogP contribution < -0.4 is 0 Å². The minimum absolute atomic E-state index is 0.128. The second-order valence-electron chi connectivity index (χ2n) is 4.39. The van der Waals surface area contributed by atoms with Crippen LogP contribution in [0.15, 0.2) is 40.1 Å². The van der Waals surface area contributed by atoms with Gasteiger partial charge in [0.25, 0.3) is 11.8 Å². The van der Waals surface area contributed by atoms with E-state index in [9.17, 15) is 9.59 Å². The molecular weight excluding hydrogens is 354 g/mol. The molecule has 0 fully saturated rings. The number of benzene rings is 1. The molecule has 1 aromatic heterocycles. The molecule has 0 aliphatic carbocycles. The lowest BCUT2D eigenvalue weighted by molar-refractivity contribution is 0.0639. The van der Waals surface area contributed by atoms with Gasteiger partial charge < -0.3 is 0 Å². The molecule has 2 aromatic rings. The number of amides is 2. The van der Waals surface area contributed by atoms with Gasteiger partial charge in [-0.25, -0.2) is 9.97 Å². The van der Waals surface area contributed by atoms with Crippen LogP contribution in [0.5, 0.6) is 0 Å². The van der Waals surface area contributed by atoms with Crippen LogP contribution in [0.3, 0.4) is 0 Å². The Hall–Kier alpha value is -1.73. The van der Waals surface area contributed by atoms with E-state index in [0.29, 0.717) is 26.4 Å². The van der Waals surface area contributed by atoms with E-state index in [-0.39, 0.29) is 18.4 Å². The van der Waals surface area contributed by atoms with Crippen molar-refractivity contribution >= 4 is 39.5 Å². The zero-order valence-electron chi connectivity index (χ0n) is 11.0. The highest BCUT2D eigenvalue weighted by molar-refractivity contribution is 9.10. The molecule has 2 heterocycles. The van der Waals surface area contributed by atoms with Crippen molar-refractivity contribution in [1.82, 2.24) is 14.9 Å². The van der Waals surface area contributed by atoms with Crippen LogP contribution in [0.1, 0.15) is 26.4 Å². The van der Waals surface area contributed by atoms with Crippen LogP contribution in [0.4, 0.5) is 0 Å². The molecule has 0 atom stereocenters. The highest BCUT2D eigenvalue weighted by Gasteiger charge is 2.35. The Balaban J connectivity index is 1.94. The molecule has 1 aliphatic rings. The molecule has 3 rings (SSSR count). The molecule has 106 valence electrons. The molecule has 0 saturated heterocycles. The summed E-state index contributed by atoms with van der Waals surface area (Å²) in [6.45, 7) is 0.128. The van der Waals surface area contributed by atoms with Crippen molar-refractivity contribution in [3.05, 3.63) is 51.8 Å². The predicted molar refractivity (Wildman–Crippen MR) is 82.2 cm³/mol. The van der Waals surface area contributed by atoms with E-state index in [1.165, 1.54) is 16.7 Å². The molecule has 0 N–H and O–H groups in total. The van der Waals surface area contributed by atoms with Gasteiger partial charge in [-0.3, -0.25) is 14.5 Å². The van der Waals surface area contributed by atoms with Crippen LogP contribution >= 0.6 is 27.7 Å². The van der Waals surface area contributed by atoms with E-state index >= 15 is 0 Å². The van der Waals surface area contributed by atoms with Gasteiger partial charge in [0.15, 0.2) is 5.16 Å². The summed E-state index contributed by atoms with van der Waals surface area (Å²) in [5.41, 5.74) is 1.50. The topological polar surface area (TPSA) is 63.2 Å². The van der Waals surface area contributed by atoms with Gasteiger partial charge in [0.2, 0.25) is 0 Å². The number of fused-ring (bicyclic) bond motifs is 1. The second-order valence-corrected chi connectivity index (χ2v) is 6.02. The van der Waals surface area contributed by atoms with E-state index in [1.807, 2.05) is 6.26 Å². The fourth-order valence-electron chi connectivity index (χ4n) is 2.13. The average molecular weight is 364 g/mol. The van der Waals surface area contributed by atoms with Crippen molar-refractivity contribution in [1.29, 1.82) is 0 Å². The molecule has 0 saturated carbocycles. The number of thioether (sulfide) groups is 1. The minimum atomic E-state index is -0.285. The summed E-state index contributed by atoms with van der Waals surface area (Å²) in [7, 11) is 0. The molecular formula is C14H10BrN3O2S. The average Bonchev–Trinajstić information content (AvgIpc) is 2.75. The Bertz CT molecular complexity index is 716. The number of hydrogen-bond acceptors (Lipinski definition) is 5. The fraction of sp³-hybridized carbons (Fsp3) is 0.143. The molecule has 2 amide bonds. The summed E-state index contributed by atoms with van der Waals surface area (Å²) in [5.74, 6) is -0.571. The number of carbonyl (C=O) groups is 2. The summed E-state index contributed by atoms with van der Waals surface area (Å²) in [5, 5.41) is 0.602. The molecule has 21 heavy (non-hydrogen) atoms. The molecule has 5 nitrogen and oxygen atoms in total. The van der Waals surface area contributed by atoms with Crippen molar-refractivity contribution in [3.8, 4) is 0 Å². The fourth-order valence-corrected chi connectivity index (χ4v) is 2.80. The van der Waals surface area contributed by atoms with Crippen LogP contribution in [0.2, 0.25) is 0 Å². The highest BCUT2D eigenvalue weighted by Crippen LogP contribution is 2.26. The zero-order chi connectivity index (χ0) is 15.0. The van der Waals surface area contributed by atoms with Crippen molar-refractivity contribution in [2.75, 3.05) is 6.26 Å². The quantitative estimate of drug-likeness (QED) is 0.476. The Kier molecular flexibility index (Phi) is 3.77. The third-order valence-corrected chi connectivity index (χ3v) is 4.39. The van der Waals surface area contributed by atoms with Gasteiger partial charge in [-0.1, -0.05) is 23.9 Å². The summed E-state index contributed by atoms with van der Waals surface area (Å²) in [6.07, 6.45) is 3.50. The molecule has 7 heteroatoms. The van der Waals surface area contributed by atoms with E-state index < -0.39 is 0 Å². The standard InChI is InChI=1S/C14H10BrN3O2S/c1-21-14-16-6-10(15)11(17-14)7-18-12(19)8-4-2-3-5-9(8)13(18)20/h2-6H,7H2,1H3. The highest BCUT2D eigenvalue weighted by atomic mass is 79.9. The SMILES string of the molecule is CSc1ncc(Br)c(CN2C(=O)c3ccccc3C2=O)n1. The Morgan fingerprint density at radius 1 is 1.19 bits per heavy atom. The largest absolute Gasteiger partial charge is 0.269 e. The number of aromatic nitrogens is 2. The Labute approximate surface area is 133 Å². The van der Waals surface area contributed by atoms with Crippen LogP contribution in [-0.2, 0) is 6.54 Å². The minimum Gasteiger partial charge on any atom is -0.269 e. The lowest BCUT2D eigenvalue weighted by Crippen LogP contribution is -2.29. The van der Waals surface area contributed by atoms with Gasteiger partial charge >= 0.3 is 0 Å². The Morgan fingerprint density at radius 2 is 1.81 bits per heavy atom. The second kappa shape index (κ2) is 5.57. The van der Waals surface area contributed by atoms with E-state index in [2.05, 4.69) is 25.9 Å². The molecule has 0 spiro atoms. The van der Waals surface area contributed by atoms with Gasteiger partial charge in [0, 0.05) is 6.20 Å². The van der Waals surface area contributed by atoms with Gasteiger partial charge in [-0.15, -0.1) is 0 Å². The maximum atomic E-state index is 12.3. The maximum absolute atomic E-state index is 12.3. The number of nitrogens with zero attached hydrogens (tertiary/aromatic N) is 3. The maximum Gasteiger partial charge on any atom is 0.261 e. The molecule has 1 aromatic carbocycles. The molecule has 1 aliphatic heterocycles. The Morgan fingerprint density at radius 3 is 2.38 bits per heavy atom. The summed E-state index contributed by atoms with van der Waals surface area (Å²) >= 11 is 4.77. The van der Waals surface area contributed by atoms with Crippen LogP contribution in [-0.4, -0.2) is 32.9 Å². The van der Waals surface area contributed by atoms with Crippen LogP contribution in [0, 0.1) is 0 Å². The lowest BCUT2D eigenvalue weighted by Gasteiger charge is -2.14.